The van der Waals surface area contributed by atoms with Crippen molar-refractivity contribution in [1.29, 1.82) is 0 Å². The molecule has 1 fully saturated rings. The Morgan fingerprint density at radius 1 is 1.21 bits per heavy atom. The lowest BCUT2D eigenvalue weighted by molar-refractivity contribution is -0.118. The first-order valence-corrected chi connectivity index (χ1v) is 10.6. The van der Waals surface area contributed by atoms with Crippen LogP contribution in [-0.4, -0.2) is 69.4 Å². The van der Waals surface area contributed by atoms with Crippen molar-refractivity contribution in [3.05, 3.63) is 29.8 Å². The average Bonchev–Trinajstić information content (AvgIpc) is 2.71. The number of benzene rings is 1. The van der Waals surface area contributed by atoms with Crippen LogP contribution in [0.5, 0.6) is 0 Å². The largest absolute Gasteiger partial charge is 0.383 e. The molecule has 0 unspecified atom stereocenters. The van der Waals surface area contributed by atoms with Crippen molar-refractivity contribution in [1.82, 2.24) is 15.5 Å². The minimum absolute atomic E-state index is 0. The maximum Gasteiger partial charge on any atom is 0.254 e. The summed E-state index contributed by atoms with van der Waals surface area (Å²) in [6.45, 7) is 3.65. The Hall–Kier alpha value is -1.28. The molecule has 158 valence electrons. The van der Waals surface area contributed by atoms with Crippen LogP contribution in [0.15, 0.2) is 29.2 Å². The fourth-order valence-corrected chi connectivity index (χ4v) is 4.07. The van der Waals surface area contributed by atoms with Crippen LogP contribution >= 0.6 is 24.2 Å². The topological polar surface area (TPSA) is 70.7 Å². The van der Waals surface area contributed by atoms with E-state index in [1.807, 2.05) is 36.2 Å². The summed E-state index contributed by atoms with van der Waals surface area (Å²) in [7, 11) is 3.58. The minimum atomic E-state index is -0.0513. The number of thioether (sulfide) groups is 1. The zero-order chi connectivity index (χ0) is 19.5. The van der Waals surface area contributed by atoms with Gasteiger partial charge >= 0.3 is 0 Å². The van der Waals surface area contributed by atoms with Crippen molar-refractivity contribution in [2.75, 3.05) is 52.7 Å². The predicted molar refractivity (Wildman–Crippen MR) is 116 cm³/mol. The Bertz CT molecular complexity index is 610. The molecule has 0 bridgehead atoms. The monoisotopic (exact) mass is 429 g/mol. The number of ether oxygens (including phenoxy) is 1. The molecule has 2 amide bonds. The van der Waals surface area contributed by atoms with Gasteiger partial charge in [-0.05, 0) is 50.9 Å². The summed E-state index contributed by atoms with van der Waals surface area (Å²) in [6, 6.07) is 7.57. The fraction of sp³-hybridized carbons (Fsp3) is 0.600. The molecule has 2 N–H and O–H groups in total. The van der Waals surface area contributed by atoms with Crippen molar-refractivity contribution in [2.45, 2.75) is 24.2 Å². The van der Waals surface area contributed by atoms with E-state index in [1.165, 1.54) is 18.2 Å². The second kappa shape index (κ2) is 13.8. The maximum atomic E-state index is 13.0. The zero-order valence-corrected chi connectivity index (χ0v) is 18.4. The third-order valence-corrected chi connectivity index (χ3v) is 5.88. The number of carbonyl (C=O) groups excluding carboxylic acids is 2. The Labute approximate surface area is 178 Å². The molecular weight excluding hydrogens is 398 g/mol. The van der Waals surface area contributed by atoms with Crippen LogP contribution in [0.2, 0.25) is 0 Å². The lowest BCUT2D eigenvalue weighted by Gasteiger charge is -2.32. The predicted octanol–water partition coefficient (Wildman–Crippen LogP) is 2.42. The number of halogens is 1. The van der Waals surface area contributed by atoms with Gasteiger partial charge < -0.3 is 20.3 Å². The summed E-state index contributed by atoms with van der Waals surface area (Å²) < 4.78 is 4.93. The molecule has 6 nitrogen and oxygen atoms in total. The molecule has 1 heterocycles. The number of carbonyl (C=O) groups is 2. The average molecular weight is 430 g/mol. The standard InChI is InChI=1S/C20H31N3O3S.ClH/c1-21-10-7-16-8-12-23(13-9-16)20(25)17-5-3-4-6-18(17)27-15-19(24)22-11-14-26-2;/h3-6,16,21H,7-15H2,1-2H3,(H,22,24);1H. The molecule has 8 heteroatoms. The van der Waals surface area contributed by atoms with Gasteiger partial charge in [-0.25, -0.2) is 0 Å². The first-order chi connectivity index (χ1) is 13.2. The van der Waals surface area contributed by atoms with E-state index < -0.39 is 0 Å². The summed E-state index contributed by atoms with van der Waals surface area (Å²) in [5.74, 6) is 1.01. The van der Waals surface area contributed by atoms with Gasteiger partial charge in [0, 0.05) is 31.6 Å². The number of methoxy groups -OCH3 is 1. The second-order valence-corrected chi connectivity index (χ2v) is 7.77. The van der Waals surface area contributed by atoms with Gasteiger partial charge in [0.25, 0.3) is 5.91 Å². The molecule has 0 atom stereocenters. The summed E-state index contributed by atoms with van der Waals surface area (Å²) in [5, 5.41) is 6.00. The first kappa shape index (κ1) is 24.8. The molecule has 28 heavy (non-hydrogen) atoms. The third kappa shape index (κ3) is 7.99. The lowest BCUT2D eigenvalue weighted by atomic mass is 9.93. The summed E-state index contributed by atoms with van der Waals surface area (Å²) >= 11 is 1.41. The molecule has 0 saturated carbocycles. The van der Waals surface area contributed by atoms with E-state index in [-0.39, 0.29) is 24.2 Å². The fourth-order valence-electron chi connectivity index (χ4n) is 3.20. The Balaban J connectivity index is 0.00000392. The quantitative estimate of drug-likeness (QED) is 0.441. The number of likely N-dealkylation sites (tertiary alicyclic amines) is 1. The van der Waals surface area contributed by atoms with E-state index in [0.717, 1.165) is 37.4 Å². The van der Waals surface area contributed by atoms with Gasteiger partial charge in [0.05, 0.1) is 17.9 Å². The van der Waals surface area contributed by atoms with Gasteiger partial charge in [-0.15, -0.1) is 24.2 Å². The highest BCUT2D eigenvalue weighted by Gasteiger charge is 2.24. The molecule has 1 aliphatic rings. The van der Waals surface area contributed by atoms with Crippen LogP contribution < -0.4 is 10.6 Å². The van der Waals surface area contributed by atoms with Gasteiger partial charge in [0.2, 0.25) is 5.91 Å². The van der Waals surface area contributed by atoms with E-state index in [4.69, 9.17) is 4.74 Å². The van der Waals surface area contributed by atoms with Gasteiger partial charge in [0.15, 0.2) is 0 Å². The number of rotatable bonds is 10. The van der Waals surface area contributed by atoms with Gasteiger partial charge in [-0.2, -0.15) is 0 Å². The normalized spacial score (nSPS) is 14.4. The van der Waals surface area contributed by atoms with Gasteiger partial charge in [-0.1, -0.05) is 12.1 Å². The smallest absolute Gasteiger partial charge is 0.254 e. The second-order valence-electron chi connectivity index (χ2n) is 6.76. The SMILES string of the molecule is CNCCC1CCN(C(=O)c2ccccc2SCC(=O)NCCOC)CC1.Cl. The van der Waals surface area contributed by atoms with Crippen molar-refractivity contribution < 1.29 is 14.3 Å². The molecule has 1 aromatic rings. The molecule has 1 aliphatic heterocycles. The molecule has 1 saturated heterocycles. The number of nitrogens with one attached hydrogen (secondary N) is 2. The van der Waals surface area contributed by atoms with Crippen LogP contribution in [0.25, 0.3) is 0 Å². The molecule has 1 aromatic carbocycles. The lowest BCUT2D eigenvalue weighted by Crippen LogP contribution is -2.39. The van der Waals surface area contributed by atoms with E-state index in [9.17, 15) is 9.59 Å². The molecular formula is C20H32ClN3O3S. The van der Waals surface area contributed by atoms with Crippen LogP contribution in [0, 0.1) is 5.92 Å². The van der Waals surface area contributed by atoms with Crippen LogP contribution in [0.4, 0.5) is 0 Å². The van der Waals surface area contributed by atoms with Gasteiger partial charge in [-0.3, -0.25) is 9.59 Å². The summed E-state index contributed by atoms with van der Waals surface area (Å²) in [6.07, 6.45) is 3.29. The number of hydrogen-bond donors (Lipinski definition) is 2. The molecule has 0 aliphatic carbocycles. The van der Waals surface area contributed by atoms with Gasteiger partial charge in [0.1, 0.15) is 0 Å². The third-order valence-electron chi connectivity index (χ3n) is 4.81. The van der Waals surface area contributed by atoms with Crippen LogP contribution in [0.1, 0.15) is 29.6 Å². The van der Waals surface area contributed by atoms with Crippen molar-refractivity contribution >= 4 is 36.0 Å². The Kier molecular flexibility index (Phi) is 12.2. The van der Waals surface area contributed by atoms with E-state index in [2.05, 4.69) is 10.6 Å². The maximum absolute atomic E-state index is 13.0. The summed E-state index contributed by atoms with van der Waals surface area (Å²) in [4.78, 5) is 27.7. The molecule has 0 radical (unpaired) electrons. The van der Waals surface area contributed by atoms with E-state index in [0.29, 0.717) is 30.4 Å². The summed E-state index contributed by atoms with van der Waals surface area (Å²) in [5.41, 5.74) is 0.695. The Morgan fingerprint density at radius 2 is 1.93 bits per heavy atom. The van der Waals surface area contributed by atoms with Crippen molar-refractivity contribution in [3.8, 4) is 0 Å². The minimum Gasteiger partial charge on any atom is -0.383 e. The zero-order valence-electron chi connectivity index (χ0n) is 16.7. The highest BCUT2D eigenvalue weighted by molar-refractivity contribution is 8.00. The first-order valence-electron chi connectivity index (χ1n) is 9.57. The number of hydrogen-bond acceptors (Lipinski definition) is 5. The molecule has 2 rings (SSSR count). The molecule has 0 aromatic heterocycles. The van der Waals surface area contributed by atoms with E-state index in [1.54, 1.807) is 7.11 Å². The highest BCUT2D eigenvalue weighted by atomic mass is 35.5. The van der Waals surface area contributed by atoms with Crippen LogP contribution in [0.3, 0.4) is 0 Å². The van der Waals surface area contributed by atoms with Crippen molar-refractivity contribution in [2.24, 2.45) is 5.92 Å². The number of nitrogens with zero attached hydrogens (tertiary/aromatic N) is 1. The number of amides is 2. The van der Waals surface area contributed by atoms with E-state index >= 15 is 0 Å². The highest BCUT2D eigenvalue weighted by Crippen LogP contribution is 2.26. The Morgan fingerprint density at radius 3 is 2.61 bits per heavy atom. The van der Waals surface area contributed by atoms with Crippen LogP contribution in [-0.2, 0) is 9.53 Å². The van der Waals surface area contributed by atoms with Crippen molar-refractivity contribution in [3.63, 3.8) is 0 Å². The number of piperidine rings is 1. The molecule has 0 spiro atoms.